The Kier molecular flexibility index (Phi) is 3.65. The number of nitrogens with two attached hydrogens (primary N) is 1. The van der Waals surface area contributed by atoms with Gasteiger partial charge < -0.3 is 10.6 Å². The van der Waals surface area contributed by atoms with Gasteiger partial charge in [0, 0.05) is 18.8 Å². The average Bonchev–Trinajstić information content (AvgIpc) is 2.47. The summed E-state index contributed by atoms with van der Waals surface area (Å²) in [5.41, 5.74) is 10.2. The van der Waals surface area contributed by atoms with Crippen molar-refractivity contribution in [3.8, 4) is 0 Å². The van der Waals surface area contributed by atoms with E-state index in [2.05, 4.69) is 12.1 Å². The van der Waals surface area contributed by atoms with E-state index in [1.54, 1.807) is 0 Å². The minimum atomic E-state index is 0.0195. The molecule has 3 heteroatoms. The SMILES string of the molecule is CCN(Cc1ccccc1N)C(=O)C1Cc2ccccc21. The summed E-state index contributed by atoms with van der Waals surface area (Å²) < 4.78 is 0. The Labute approximate surface area is 125 Å². The van der Waals surface area contributed by atoms with Crippen LogP contribution in [0.25, 0.3) is 0 Å². The lowest BCUT2D eigenvalue weighted by molar-refractivity contribution is -0.133. The molecule has 2 aromatic rings. The molecule has 0 spiro atoms. The average molecular weight is 280 g/mol. The quantitative estimate of drug-likeness (QED) is 0.875. The van der Waals surface area contributed by atoms with E-state index in [1.165, 1.54) is 11.1 Å². The highest BCUT2D eigenvalue weighted by Crippen LogP contribution is 2.36. The van der Waals surface area contributed by atoms with E-state index in [0.717, 1.165) is 17.7 Å². The van der Waals surface area contributed by atoms with Gasteiger partial charge in [0.15, 0.2) is 0 Å². The second-order valence-corrected chi connectivity index (χ2v) is 5.51. The number of likely N-dealkylation sites (N-methyl/N-ethyl adjacent to an activating group) is 1. The third-order valence-electron chi connectivity index (χ3n) is 4.26. The molecule has 108 valence electrons. The molecule has 0 bridgehead atoms. The van der Waals surface area contributed by atoms with Crippen molar-refractivity contribution in [2.45, 2.75) is 25.8 Å². The van der Waals surface area contributed by atoms with Crippen molar-refractivity contribution in [1.29, 1.82) is 0 Å². The minimum absolute atomic E-state index is 0.0195. The Morgan fingerprint density at radius 3 is 2.62 bits per heavy atom. The second kappa shape index (κ2) is 5.60. The number of nitrogens with zero attached hydrogens (tertiary/aromatic N) is 1. The van der Waals surface area contributed by atoms with Gasteiger partial charge in [0.2, 0.25) is 5.91 Å². The third-order valence-corrected chi connectivity index (χ3v) is 4.26. The highest BCUT2D eigenvalue weighted by Gasteiger charge is 2.34. The smallest absolute Gasteiger partial charge is 0.230 e. The molecule has 0 radical (unpaired) electrons. The van der Waals surface area contributed by atoms with Gasteiger partial charge >= 0.3 is 0 Å². The van der Waals surface area contributed by atoms with Crippen LogP contribution in [0.3, 0.4) is 0 Å². The van der Waals surface area contributed by atoms with Gasteiger partial charge in [0.1, 0.15) is 0 Å². The number of carbonyl (C=O) groups excluding carboxylic acids is 1. The molecule has 0 aliphatic heterocycles. The number of carbonyl (C=O) groups is 1. The molecule has 2 aromatic carbocycles. The van der Waals surface area contributed by atoms with Crippen molar-refractivity contribution in [2.24, 2.45) is 0 Å². The molecular weight excluding hydrogens is 260 g/mol. The van der Waals surface area contributed by atoms with Crippen LogP contribution in [0.2, 0.25) is 0 Å². The van der Waals surface area contributed by atoms with Gasteiger partial charge in [-0.2, -0.15) is 0 Å². The zero-order valence-electron chi connectivity index (χ0n) is 12.3. The Hall–Kier alpha value is -2.29. The molecule has 1 unspecified atom stereocenters. The number of benzene rings is 2. The van der Waals surface area contributed by atoms with Gasteiger partial charge in [-0.15, -0.1) is 0 Å². The van der Waals surface area contributed by atoms with E-state index in [1.807, 2.05) is 48.2 Å². The van der Waals surface area contributed by atoms with Crippen molar-refractivity contribution in [1.82, 2.24) is 4.90 Å². The maximum atomic E-state index is 12.7. The van der Waals surface area contributed by atoms with Crippen LogP contribution in [-0.4, -0.2) is 17.4 Å². The van der Waals surface area contributed by atoms with Crippen molar-refractivity contribution < 1.29 is 4.79 Å². The molecule has 0 aromatic heterocycles. The van der Waals surface area contributed by atoms with Gasteiger partial charge in [-0.1, -0.05) is 42.5 Å². The maximum absolute atomic E-state index is 12.7. The molecule has 1 atom stereocenters. The lowest BCUT2D eigenvalue weighted by Gasteiger charge is -2.33. The Morgan fingerprint density at radius 1 is 1.19 bits per heavy atom. The van der Waals surface area contributed by atoms with Crippen LogP contribution in [-0.2, 0) is 17.8 Å². The van der Waals surface area contributed by atoms with Gasteiger partial charge in [-0.3, -0.25) is 4.79 Å². The molecule has 1 aliphatic rings. The molecule has 0 saturated heterocycles. The normalized spacial score (nSPS) is 16.0. The Morgan fingerprint density at radius 2 is 1.90 bits per heavy atom. The summed E-state index contributed by atoms with van der Waals surface area (Å²) in [5.74, 6) is 0.227. The van der Waals surface area contributed by atoms with Gasteiger partial charge in [0.05, 0.1) is 5.92 Å². The lowest BCUT2D eigenvalue weighted by atomic mass is 9.77. The number of amides is 1. The first-order valence-corrected chi connectivity index (χ1v) is 7.40. The fraction of sp³-hybridized carbons (Fsp3) is 0.278. The predicted octanol–water partition coefficient (Wildman–Crippen LogP) is 2.96. The number of hydrogen-bond acceptors (Lipinski definition) is 2. The van der Waals surface area contributed by atoms with Crippen LogP contribution in [0.5, 0.6) is 0 Å². The maximum Gasteiger partial charge on any atom is 0.230 e. The minimum Gasteiger partial charge on any atom is -0.398 e. The summed E-state index contributed by atoms with van der Waals surface area (Å²) >= 11 is 0. The zero-order chi connectivity index (χ0) is 14.8. The molecule has 0 fully saturated rings. The summed E-state index contributed by atoms with van der Waals surface area (Å²) in [7, 11) is 0. The number of para-hydroxylation sites is 1. The Balaban J connectivity index is 1.76. The van der Waals surface area contributed by atoms with Gasteiger partial charge in [-0.25, -0.2) is 0 Å². The first kappa shape index (κ1) is 13.7. The molecule has 0 saturated carbocycles. The predicted molar refractivity (Wildman–Crippen MR) is 84.8 cm³/mol. The lowest BCUT2D eigenvalue weighted by Crippen LogP contribution is -2.39. The molecule has 1 amide bonds. The standard InChI is InChI=1S/C18H20N2O/c1-2-20(12-14-8-4-6-10-17(14)19)18(21)16-11-13-7-3-5-9-15(13)16/h3-10,16H,2,11-12,19H2,1H3. The number of hydrogen-bond donors (Lipinski definition) is 1. The van der Waals surface area contributed by atoms with Crippen molar-refractivity contribution in [3.05, 3.63) is 65.2 Å². The van der Waals surface area contributed by atoms with Crippen LogP contribution >= 0.6 is 0 Å². The van der Waals surface area contributed by atoms with E-state index in [-0.39, 0.29) is 11.8 Å². The zero-order valence-corrected chi connectivity index (χ0v) is 12.3. The first-order chi connectivity index (χ1) is 10.2. The second-order valence-electron chi connectivity index (χ2n) is 5.51. The van der Waals surface area contributed by atoms with Gasteiger partial charge in [0.25, 0.3) is 0 Å². The van der Waals surface area contributed by atoms with E-state index in [0.29, 0.717) is 13.1 Å². The van der Waals surface area contributed by atoms with Crippen LogP contribution in [0.15, 0.2) is 48.5 Å². The third kappa shape index (κ3) is 2.51. The van der Waals surface area contributed by atoms with E-state index in [4.69, 9.17) is 5.73 Å². The Bertz CT molecular complexity index is 666. The van der Waals surface area contributed by atoms with Crippen LogP contribution < -0.4 is 5.73 Å². The molecule has 2 N–H and O–H groups in total. The number of rotatable bonds is 4. The highest BCUT2D eigenvalue weighted by molar-refractivity contribution is 5.87. The van der Waals surface area contributed by atoms with E-state index < -0.39 is 0 Å². The highest BCUT2D eigenvalue weighted by atomic mass is 16.2. The van der Waals surface area contributed by atoms with Crippen molar-refractivity contribution >= 4 is 11.6 Å². The summed E-state index contributed by atoms with van der Waals surface area (Å²) in [6.45, 7) is 3.30. The van der Waals surface area contributed by atoms with Gasteiger partial charge in [-0.05, 0) is 36.1 Å². The molecule has 21 heavy (non-hydrogen) atoms. The fourth-order valence-corrected chi connectivity index (χ4v) is 2.93. The van der Waals surface area contributed by atoms with E-state index in [9.17, 15) is 4.79 Å². The van der Waals surface area contributed by atoms with E-state index >= 15 is 0 Å². The molecule has 3 rings (SSSR count). The summed E-state index contributed by atoms with van der Waals surface area (Å²) in [6.07, 6.45) is 0.857. The van der Waals surface area contributed by atoms with Crippen LogP contribution in [0.1, 0.15) is 29.5 Å². The first-order valence-electron chi connectivity index (χ1n) is 7.40. The summed E-state index contributed by atoms with van der Waals surface area (Å²) in [4.78, 5) is 14.6. The molecule has 0 heterocycles. The fourth-order valence-electron chi connectivity index (χ4n) is 2.93. The summed E-state index contributed by atoms with van der Waals surface area (Å²) in [6, 6.07) is 15.9. The number of anilines is 1. The summed E-state index contributed by atoms with van der Waals surface area (Å²) in [5, 5.41) is 0. The molecular formula is C18H20N2O. The monoisotopic (exact) mass is 280 g/mol. The van der Waals surface area contributed by atoms with Crippen LogP contribution in [0, 0.1) is 0 Å². The number of fused-ring (bicyclic) bond motifs is 1. The number of nitrogen functional groups attached to an aromatic ring is 1. The van der Waals surface area contributed by atoms with Crippen molar-refractivity contribution in [2.75, 3.05) is 12.3 Å². The topological polar surface area (TPSA) is 46.3 Å². The van der Waals surface area contributed by atoms with Crippen LogP contribution in [0.4, 0.5) is 5.69 Å². The molecule has 1 aliphatic carbocycles. The largest absolute Gasteiger partial charge is 0.398 e. The van der Waals surface area contributed by atoms with Crippen molar-refractivity contribution in [3.63, 3.8) is 0 Å². The molecule has 3 nitrogen and oxygen atoms in total.